The SMILES string of the molecule is NC(=O)C(=Cc1c[nH]c2ncccc12)c1c[nH]c2ccc(OCc3ccccc3)cc12. The number of amides is 1. The molecule has 0 aliphatic rings. The molecule has 0 atom stereocenters. The molecule has 5 rings (SSSR count). The molecular weight excluding hydrogens is 388 g/mol. The standard InChI is InChI=1S/C25H20N4O2/c26-24(30)21(11-17-13-29-25-19(17)7-4-10-27-25)22-14-28-23-9-8-18(12-20(22)23)31-15-16-5-2-1-3-6-16/h1-14,28H,15H2,(H2,26,30)(H,27,29). The second-order valence-corrected chi connectivity index (χ2v) is 7.25. The number of nitrogens with zero attached hydrogens (tertiary/aromatic N) is 1. The molecule has 0 fully saturated rings. The molecule has 0 saturated carbocycles. The van der Waals surface area contributed by atoms with Gasteiger partial charge in [-0.2, -0.15) is 0 Å². The Balaban J connectivity index is 1.53. The number of carbonyl (C=O) groups excluding carboxylic acids is 1. The van der Waals surface area contributed by atoms with Gasteiger partial charge in [-0.1, -0.05) is 30.3 Å². The van der Waals surface area contributed by atoms with E-state index in [0.717, 1.165) is 44.4 Å². The molecule has 0 radical (unpaired) electrons. The molecule has 2 aromatic carbocycles. The molecule has 5 aromatic rings. The number of aromatic amines is 2. The molecule has 6 heteroatoms. The van der Waals surface area contributed by atoms with E-state index in [1.807, 2.05) is 66.9 Å². The Labute approximate surface area is 178 Å². The van der Waals surface area contributed by atoms with Crippen LogP contribution in [0.3, 0.4) is 0 Å². The van der Waals surface area contributed by atoms with Crippen molar-refractivity contribution in [1.82, 2.24) is 15.0 Å². The van der Waals surface area contributed by atoms with Crippen LogP contribution < -0.4 is 10.5 Å². The lowest BCUT2D eigenvalue weighted by molar-refractivity contribution is -0.112. The van der Waals surface area contributed by atoms with Crippen molar-refractivity contribution in [3.05, 3.63) is 95.9 Å². The van der Waals surface area contributed by atoms with Crippen molar-refractivity contribution in [3.8, 4) is 5.75 Å². The molecule has 0 spiro atoms. The zero-order valence-corrected chi connectivity index (χ0v) is 16.6. The molecule has 0 aliphatic heterocycles. The van der Waals surface area contributed by atoms with Crippen molar-refractivity contribution in [2.75, 3.05) is 0 Å². The molecule has 6 nitrogen and oxygen atoms in total. The molecule has 0 aliphatic carbocycles. The fourth-order valence-electron chi connectivity index (χ4n) is 3.69. The molecular formula is C25H20N4O2. The summed E-state index contributed by atoms with van der Waals surface area (Å²) in [5.41, 5.74) is 10.5. The van der Waals surface area contributed by atoms with E-state index in [2.05, 4.69) is 15.0 Å². The van der Waals surface area contributed by atoms with Gasteiger partial charge in [0.2, 0.25) is 5.91 Å². The zero-order valence-electron chi connectivity index (χ0n) is 16.6. The number of carbonyl (C=O) groups is 1. The van der Waals surface area contributed by atoms with E-state index >= 15 is 0 Å². The second kappa shape index (κ2) is 7.84. The first-order chi connectivity index (χ1) is 15.2. The summed E-state index contributed by atoms with van der Waals surface area (Å²) in [5, 5.41) is 1.79. The van der Waals surface area contributed by atoms with Gasteiger partial charge in [-0.25, -0.2) is 4.98 Å². The summed E-state index contributed by atoms with van der Waals surface area (Å²) in [6.45, 7) is 0.465. The van der Waals surface area contributed by atoms with Crippen LogP contribution in [0.5, 0.6) is 5.75 Å². The van der Waals surface area contributed by atoms with E-state index in [1.165, 1.54) is 0 Å². The number of primary amides is 1. The Morgan fingerprint density at radius 3 is 2.71 bits per heavy atom. The number of H-pyrrole nitrogens is 2. The van der Waals surface area contributed by atoms with Gasteiger partial charge < -0.3 is 20.4 Å². The third-order valence-corrected chi connectivity index (χ3v) is 5.24. The number of aromatic nitrogens is 3. The monoisotopic (exact) mass is 408 g/mol. The highest BCUT2D eigenvalue weighted by atomic mass is 16.5. The van der Waals surface area contributed by atoms with Crippen LogP contribution in [0.15, 0.2) is 79.3 Å². The predicted octanol–water partition coefficient (Wildman–Crippen LogP) is 4.65. The zero-order chi connectivity index (χ0) is 21.2. The number of nitrogens with one attached hydrogen (secondary N) is 2. The molecule has 0 saturated heterocycles. The van der Waals surface area contributed by atoms with E-state index in [9.17, 15) is 4.79 Å². The maximum atomic E-state index is 12.4. The fraction of sp³-hybridized carbons (Fsp3) is 0.0400. The van der Waals surface area contributed by atoms with Crippen LogP contribution >= 0.6 is 0 Å². The minimum Gasteiger partial charge on any atom is -0.489 e. The Bertz CT molecular complexity index is 1410. The highest BCUT2D eigenvalue weighted by Crippen LogP contribution is 2.31. The highest BCUT2D eigenvalue weighted by Gasteiger charge is 2.16. The summed E-state index contributed by atoms with van der Waals surface area (Å²) in [4.78, 5) is 23.0. The van der Waals surface area contributed by atoms with Crippen LogP contribution in [0.1, 0.15) is 16.7 Å². The van der Waals surface area contributed by atoms with Gasteiger partial charge in [-0.05, 0) is 42.0 Å². The van der Waals surface area contributed by atoms with Crippen LogP contribution in [-0.4, -0.2) is 20.9 Å². The molecule has 0 unspecified atom stereocenters. The van der Waals surface area contributed by atoms with Gasteiger partial charge >= 0.3 is 0 Å². The molecule has 4 N–H and O–H groups in total. The summed E-state index contributed by atoms with van der Waals surface area (Å²) in [6, 6.07) is 19.6. The van der Waals surface area contributed by atoms with Crippen molar-refractivity contribution in [2.45, 2.75) is 6.61 Å². The number of benzene rings is 2. The van der Waals surface area contributed by atoms with Crippen molar-refractivity contribution in [1.29, 1.82) is 0 Å². The summed E-state index contributed by atoms with van der Waals surface area (Å²) in [7, 11) is 0. The van der Waals surface area contributed by atoms with Crippen molar-refractivity contribution < 1.29 is 9.53 Å². The summed E-state index contributed by atoms with van der Waals surface area (Å²) in [6.07, 6.45) is 7.14. The van der Waals surface area contributed by atoms with Gasteiger partial charge in [0.1, 0.15) is 18.0 Å². The first-order valence-electron chi connectivity index (χ1n) is 9.91. The van der Waals surface area contributed by atoms with Crippen molar-refractivity contribution in [2.24, 2.45) is 5.73 Å². The van der Waals surface area contributed by atoms with E-state index in [1.54, 1.807) is 18.5 Å². The van der Waals surface area contributed by atoms with Crippen LogP contribution in [0, 0.1) is 0 Å². The lowest BCUT2D eigenvalue weighted by atomic mass is 10.0. The maximum Gasteiger partial charge on any atom is 0.249 e. The molecule has 31 heavy (non-hydrogen) atoms. The van der Waals surface area contributed by atoms with Gasteiger partial charge in [-0.3, -0.25) is 4.79 Å². The smallest absolute Gasteiger partial charge is 0.249 e. The molecule has 3 aromatic heterocycles. The average molecular weight is 408 g/mol. The van der Waals surface area contributed by atoms with Gasteiger partial charge in [0, 0.05) is 51.6 Å². The lowest BCUT2D eigenvalue weighted by Crippen LogP contribution is -2.12. The molecule has 1 amide bonds. The number of pyridine rings is 1. The predicted molar refractivity (Wildman–Crippen MR) is 122 cm³/mol. The number of rotatable bonds is 6. The topological polar surface area (TPSA) is 96.8 Å². The van der Waals surface area contributed by atoms with E-state index in [4.69, 9.17) is 10.5 Å². The van der Waals surface area contributed by atoms with Crippen LogP contribution in [0.2, 0.25) is 0 Å². The van der Waals surface area contributed by atoms with Crippen LogP contribution in [0.4, 0.5) is 0 Å². The Morgan fingerprint density at radius 2 is 1.87 bits per heavy atom. The summed E-state index contributed by atoms with van der Waals surface area (Å²) < 4.78 is 5.97. The number of hydrogen-bond acceptors (Lipinski definition) is 3. The highest BCUT2D eigenvalue weighted by molar-refractivity contribution is 6.27. The minimum atomic E-state index is -0.505. The minimum absolute atomic E-state index is 0.413. The molecule has 0 bridgehead atoms. The normalized spacial score (nSPS) is 11.8. The lowest BCUT2D eigenvalue weighted by Gasteiger charge is -2.08. The maximum absolute atomic E-state index is 12.4. The number of nitrogens with two attached hydrogens (primary N) is 1. The van der Waals surface area contributed by atoms with Gasteiger partial charge in [0.15, 0.2) is 0 Å². The quantitative estimate of drug-likeness (QED) is 0.357. The molecule has 152 valence electrons. The number of ether oxygens (including phenoxy) is 1. The summed E-state index contributed by atoms with van der Waals surface area (Å²) in [5.74, 6) is 0.215. The first kappa shape index (κ1) is 18.7. The van der Waals surface area contributed by atoms with Crippen molar-refractivity contribution >= 4 is 39.5 Å². The van der Waals surface area contributed by atoms with Crippen LogP contribution in [0.25, 0.3) is 33.6 Å². The third-order valence-electron chi connectivity index (χ3n) is 5.24. The largest absolute Gasteiger partial charge is 0.489 e. The van der Waals surface area contributed by atoms with Crippen molar-refractivity contribution in [3.63, 3.8) is 0 Å². The van der Waals surface area contributed by atoms with Gasteiger partial charge in [0.25, 0.3) is 0 Å². The number of hydrogen-bond donors (Lipinski definition) is 3. The average Bonchev–Trinajstić information content (AvgIpc) is 3.40. The van der Waals surface area contributed by atoms with E-state index < -0.39 is 5.91 Å². The van der Waals surface area contributed by atoms with Gasteiger partial charge in [-0.15, -0.1) is 0 Å². The first-order valence-corrected chi connectivity index (χ1v) is 9.91. The van der Waals surface area contributed by atoms with E-state index in [-0.39, 0.29) is 0 Å². The third kappa shape index (κ3) is 3.67. The van der Waals surface area contributed by atoms with Gasteiger partial charge in [0.05, 0.1) is 0 Å². The van der Waals surface area contributed by atoms with E-state index in [0.29, 0.717) is 12.2 Å². The fourth-order valence-corrected chi connectivity index (χ4v) is 3.69. The Kier molecular flexibility index (Phi) is 4.72. The summed E-state index contributed by atoms with van der Waals surface area (Å²) >= 11 is 0. The Hall–Kier alpha value is -4.32. The Morgan fingerprint density at radius 1 is 1.00 bits per heavy atom. The number of fused-ring (bicyclic) bond motifs is 2. The molecule has 3 heterocycles. The second-order valence-electron chi connectivity index (χ2n) is 7.25. The van der Waals surface area contributed by atoms with Crippen LogP contribution in [-0.2, 0) is 11.4 Å².